The number of hydrogen-bond donors (Lipinski definition) is 1. The van der Waals surface area contributed by atoms with Gasteiger partial charge in [0.15, 0.2) is 5.84 Å². The summed E-state index contributed by atoms with van der Waals surface area (Å²) in [5.74, 6) is 6.98. The second-order valence-corrected chi connectivity index (χ2v) is 4.64. The molecule has 0 amide bonds. The highest BCUT2D eigenvalue weighted by Gasteiger charge is 2.29. The summed E-state index contributed by atoms with van der Waals surface area (Å²) in [7, 11) is 0. The van der Waals surface area contributed by atoms with Gasteiger partial charge in [0.2, 0.25) is 0 Å². The number of nitrogens with two attached hydrogens (primary N) is 1. The first-order valence-electron chi connectivity index (χ1n) is 6.03. The lowest BCUT2D eigenvalue weighted by atomic mass is 10.0. The topological polar surface area (TPSA) is 46.5 Å². The summed E-state index contributed by atoms with van der Waals surface area (Å²) < 4.78 is 2.37. The molecule has 0 radical (unpaired) electrons. The molecule has 0 spiro atoms. The van der Waals surface area contributed by atoms with Crippen molar-refractivity contribution in [2.45, 2.75) is 13.0 Å². The Kier molecular flexibility index (Phi) is 1.69. The van der Waals surface area contributed by atoms with Crippen LogP contribution in [0.3, 0.4) is 0 Å². The molecule has 2 aromatic rings. The van der Waals surface area contributed by atoms with Crippen LogP contribution >= 0.6 is 0 Å². The number of rotatable bonds is 0. The fourth-order valence-electron chi connectivity index (χ4n) is 3.01. The van der Waals surface area contributed by atoms with Crippen LogP contribution in [0.1, 0.15) is 11.3 Å². The maximum atomic E-state index is 6.02. The molecular formula is C13H14N4. The average Bonchev–Trinajstić information content (AvgIpc) is 2.70. The molecule has 0 fully saturated rings. The van der Waals surface area contributed by atoms with E-state index in [-0.39, 0.29) is 0 Å². The van der Waals surface area contributed by atoms with E-state index in [9.17, 15) is 0 Å². The van der Waals surface area contributed by atoms with Crippen LogP contribution < -0.4 is 5.84 Å². The molecule has 0 saturated carbocycles. The van der Waals surface area contributed by atoms with Gasteiger partial charge in [-0.1, -0.05) is 18.2 Å². The molecule has 0 saturated heterocycles. The van der Waals surface area contributed by atoms with Gasteiger partial charge in [0, 0.05) is 24.0 Å². The molecule has 0 atom stereocenters. The number of aliphatic imine (C=N–C) groups is 1. The van der Waals surface area contributed by atoms with Crippen molar-refractivity contribution in [3.05, 3.63) is 35.5 Å². The van der Waals surface area contributed by atoms with Crippen molar-refractivity contribution in [1.29, 1.82) is 0 Å². The third-order valence-corrected chi connectivity index (χ3v) is 3.75. The third kappa shape index (κ3) is 1.08. The summed E-state index contributed by atoms with van der Waals surface area (Å²) in [6.07, 6.45) is 1.03. The Labute approximate surface area is 99.3 Å². The maximum absolute atomic E-state index is 6.02. The largest absolute Gasteiger partial charge is 0.336 e. The highest BCUT2D eigenvalue weighted by atomic mass is 15.5. The minimum absolute atomic E-state index is 0.837. The molecule has 86 valence electrons. The third-order valence-electron chi connectivity index (χ3n) is 3.75. The first-order valence-corrected chi connectivity index (χ1v) is 6.03. The summed E-state index contributed by atoms with van der Waals surface area (Å²) in [5.41, 5.74) is 3.98. The van der Waals surface area contributed by atoms with Gasteiger partial charge in [-0.2, -0.15) is 0 Å². The smallest absolute Gasteiger partial charge is 0.162 e. The Bertz CT molecular complexity index is 623. The first kappa shape index (κ1) is 9.24. The predicted octanol–water partition coefficient (Wildman–Crippen LogP) is 1.13. The lowest BCUT2D eigenvalue weighted by Crippen LogP contribution is -2.46. The van der Waals surface area contributed by atoms with Crippen LogP contribution in [0, 0.1) is 0 Å². The number of aromatic nitrogens is 1. The second kappa shape index (κ2) is 3.11. The number of nitrogens with zero attached hydrogens (tertiary/aromatic N) is 3. The molecule has 0 aliphatic carbocycles. The Morgan fingerprint density at radius 2 is 2.06 bits per heavy atom. The van der Waals surface area contributed by atoms with Gasteiger partial charge in [0.1, 0.15) is 0 Å². The first-order chi connectivity index (χ1) is 8.36. The molecule has 4 nitrogen and oxygen atoms in total. The van der Waals surface area contributed by atoms with Gasteiger partial charge in [-0.15, -0.1) is 0 Å². The molecule has 4 rings (SSSR count). The van der Waals surface area contributed by atoms with Crippen LogP contribution in [0.4, 0.5) is 0 Å². The second-order valence-electron chi connectivity index (χ2n) is 4.64. The molecule has 17 heavy (non-hydrogen) atoms. The Morgan fingerprint density at radius 3 is 3.00 bits per heavy atom. The minimum Gasteiger partial charge on any atom is -0.336 e. The van der Waals surface area contributed by atoms with Crippen molar-refractivity contribution in [1.82, 2.24) is 9.58 Å². The summed E-state index contributed by atoms with van der Waals surface area (Å²) in [6.45, 7) is 2.64. The molecule has 1 aromatic carbocycles. The number of amidine groups is 1. The summed E-state index contributed by atoms with van der Waals surface area (Å²) in [4.78, 5) is 4.57. The van der Waals surface area contributed by atoms with E-state index < -0.39 is 0 Å². The summed E-state index contributed by atoms with van der Waals surface area (Å²) in [6, 6.07) is 8.61. The van der Waals surface area contributed by atoms with Gasteiger partial charge in [-0.3, -0.25) is 10.0 Å². The zero-order valence-corrected chi connectivity index (χ0v) is 9.56. The van der Waals surface area contributed by atoms with Crippen LogP contribution in [0.2, 0.25) is 0 Å². The van der Waals surface area contributed by atoms with Crippen molar-refractivity contribution >= 4 is 16.7 Å². The number of hydrazine groups is 1. The number of fused-ring (bicyclic) bond motifs is 3. The van der Waals surface area contributed by atoms with Crippen molar-refractivity contribution in [3.63, 3.8) is 0 Å². The lowest BCUT2D eigenvalue weighted by molar-refractivity contribution is 0.386. The monoisotopic (exact) mass is 226 g/mol. The molecule has 2 aliphatic rings. The zero-order chi connectivity index (χ0) is 11.4. The number of para-hydroxylation sites is 1. The van der Waals surface area contributed by atoms with Crippen LogP contribution in [0.15, 0.2) is 29.3 Å². The van der Waals surface area contributed by atoms with E-state index in [2.05, 4.69) is 33.8 Å². The minimum atomic E-state index is 0.837. The van der Waals surface area contributed by atoms with Crippen LogP contribution in [-0.4, -0.2) is 28.5 Å². The fraction of sp³-hybridized carbons (Fsp3) is 0.308. The van der Waals surface area contributed by atoms with Gasteiger partial charge in [-0.25, -0.2) is 5.84 Å². The van der Waals surface area contributed by atoms with Gasteiger partial charge < -0.3 is 4.57 Å². The molecule has 3 heterocycles. The quantitative estimate of drug-likeness (QED) is 0.685. The van der Waals surface area contributed by atoms with Crippen molar-refractivity contribution in [2.75, 3.05) is 13.1 Å². The van der Waals surface area contributed by atoms with E-state index in [1.807, 2.05) is 0 Å². The summed E-state index contributed by atoms with van der Waals surface area (Å²) in [5, 5.41) is 3.15. The maximum Gasteiger partial charge on any atom is 0.162 e. The molecule has 4 heteroatoms. The number of hydrogen-bond acceptors (Lipinski definition) is 3. The van der Waals surface area contributed by atoms with Gasteiger partial charge in [0.25, 0.3) is 0 Å². The molecule has 2 N–H and O–H groups in total. The predicted molar refractivity (Wildman–Crippen MR) is 67.9 cm³/mol. The van der Waals surface area contributed by atoms with Crippen LogP contribution in [0.25, 0.3) is 10.9 Å². The van der Waals surface area contributed by atoms with Crippen molar-refractivity contribution in [3.8, 4) is 0 Å². The summed E-state index contributed by atoms with van der Waals surface area (Å²) >= 11 is 0. The molecule has 2 aliphatic heterocycles. The van der Waals surface area contributed by atoms with E-state index in [1.165, 1.54) is 22.2 Å². The van der Waals surface area contributed by atoms with E-state index in [0.29, 0.717) is 0 Å². The zero-order valence-electron chi connectivity index (χ0n) is 9.56. The van der Waals surface area contributed by atoms with E-state index >= 15 is 0 Å². The van der Waals surface area contributed by atoms with E-state index in [0.717, 1.165) is 31.9 Å². The van der Waals surface area contributed by atoms with Gasteiger partial charge in [0.05, 0.1) is 12.2 Å². The molecule has 0 bridgehead atoms. The standard InChI is InChI=1S/C13H14N4/c14-17-8-7-16-11-4-2-1-3-9(11)10-5-6-15-13(17)12(10)16/h1-4H,5-8,14H2. The molecule has 0 unspecified atom stereocenters. The van der Waals surface area contributed by atoms with E-state index in [4.69, 9.17) is 5.84 Å². The SMILES string of the molecule is NN1CCn2c3c(c4ccccc42)CCN=C31. The van der Waals surface area contributed by atoms with E-state index in [1.54, 1.807) is 5.01 Å². The van der Waals surface area contributed by atoms with Crippen LogP contribution in [0.5, 0.6) is 0 Å². The normalized spacial score (nSPS) is 18.2. The molecule has 1 aromatic heterocycles. The van der Waals surface area contributed by atoms with Crippen LogP contribution in [-0.2, 0) is 13.0 Å². The fourth-order valence-corrected chi connectivity index (χ4v) is 3.01. The van der Waals surface area contributed by atoms with Gasteiger partial charge in [-0.05, 0) is 18.1 Å². The van der Waals surface area contributed by atoms with Crippen molar-refractivity contribution in [2.24, 2.45) is 10.8 Å². The molecular weight excluding hydrogens is 212 g/mol. The lowest BCUT2D eigenvalue weighted by Gasteiger charge is -2.30. The number of benzene rings is 1. The Balaban J connectivity index is 2.14. The van der Waals surface area contributed by atoms with Crippen molar-refractivity contribution < 1.29 is 0 Å². The average molecular weight is 226 g/mol. The Hall–Kier alpha value is -1.81. The highest BCUT2D eigenvalue weighted by Crippen LogP contribution is 2.31. The highest BCUT2D eigenvalue weighted by molar-refractivity contribution is 6.05. The Morgan fingerprint density at radius 1 is 1.18 bits per heavy atom. The van der Waals surface area contributed by atoms with Gasteiger partial charge >= 0.3 is 0 Å².